The summed E-state index contributed by atoms with van der Waals surface area (Å²) in [5, 5.41) is 0. The zero-order valence-corrected chi connectivity index (χ0v) is 8.39. The maximum Gasteiger partial charge on any atom is 0.0930 e. The van der Waals surface area contributed by atoms with Crippen LogP contribution in [0, 0.1) is 0 Å². The van der Waals surface area contributed by atoms with Crippen molar-refractivity contribution in [2.24, 2.45) is 5.90 Å². The molecule has 0 heterocycles. The van der Waals surface area contributed by atoms with Gasteiger partial charge in [-0.25, -0.2) is 5.90 Å². The van der Waals surface area contributed by atoms with E-state index in [-0.39, 0.29) is 0 Å². The monoisotopic (exact) mass is 199 g/mol. The Hall–Kier alpha value is -1.64. The highest BCUT2D eigenvalue weighted by molar-refractivity contribution is 5.63. The summed E-state index contributed by atoms with van der Waals surface area (Å²) in [5.74, 6) is 5.05. The van der Waals surface area contributed by atoms with Gasteiger partial charge in [-0.2, -0.15) is 0 Å². The third-order valence-corrected chi connectivity index (χ3v) is 2.28. The van der Waals surface area contributed by atoms with E-state index in [2.05, 4.69) is 29.1 Å². The Morgan fingerprint density at radius 3 is 2.33 bits per heavy atom. The molecule has 0 aromatic heterocycles. The Bertz CT molecular complexity index is 426. The molecule has 2 N–H and O–H groups in total. The average Bonchev–Trinajstić information content (AvgIpc) is 2.31. The molecule has 0 aliphatic carbocycles. The summed E-state index contributed by atoms with van der Waals surface area (Å²) in [7, 11) is 0. The van der Waals surface area contributed by atoms with Crippen LogP contribution in [-0.4, -0.2) is 0 Å². The molecule has 0 spiro atoms. The van der Waals surface area contributed by atoms with Crippen molar-refractivity contribution in [3.63, 3.8) is 0 Å². The zero-order valence-electron chi connectivity index (χ0n) is 8.39. The molecule has 76 valence electrons. The van der Waals surface area contributed by atoms with Gasteiger partial charge in [0.05, 0.1) is 6.61 Å². The molecule has 2 aromatic carbocycles. The Labute approximate surface area is 89.3 Å². The van der Waals surface area contributed by atoms with Gasteiger partial charge in [0.2, 0.25) is 0 Å². The minimum Gasteiger partial charge on any atom is -0.300 e. The molecule has 2 heteroatoms. The topological polar surface area (TPSA) is 35.2 Å². The molecule has 0 fully saturated rings. The third-order valence-electron chi connectivity index (χ3n) is 2.28. The molecule has 0 saturated carbocycles. The van der Waals surface area contributed by atoms with E-state index in [1.165, 1.54) is 11.1 Å². The summed E-state index contributed by atoms with van der Waals surface area (Å²) in [6.45, 7) is 0.445. The first-order chi connectivity index (χ1) is 7.40. The molecule has 0 atom stereocenters. The van der Waals surface area contributed by atoms with Crippen molar-refractivity contribution in [3.05, 3.63) is 60.2 Å². The summed E-state index contributed by atoms with van der Waals surface area (Å²) in [6, 6.07) is 18.4. The number of hydrogen-bond donors (Lipinski definition) is 1. The zero-order chi connectivity index (χ0) is 10.5. The Morgan fingerprint density at radius 1 is 0.867 bits per heavy atom. The van der Waals surface area contributed by atoms with E-state index in [0.29, 0.717) is 6.61 Å². The van der Waals surface area contributed by atoms with Gasteiger partial charge in [0, 0.05) is 0 Å². The SMILES string of the molecule is NOCc1cccc(-c2ccccc2)c1. The maximum atomic E-state index is 5.05. The van der Waals surface area contributed by atoms with Gasteiger partial charge in [-0.1, -0.05) is 48.5 Å². The van der Waals surface area contributed by atoms with Crippen molar-refractivity contribution in [1.82, 2.24) is 0 Å². The van der Waals surface area contributed by atoms with E-state index in [1.807, 2.05) is 30.3 Å². The third kappa shape index (κ3) is 2.43. The molecule has 0 radical (unpaired) electrons. The molecule has 2 aromatic rings. The quantitative estimate of drug-likeness (QED) is 0.771. The number of rotatable bonds is 3. The molecule has 0 unspecified atom stereocenters. The van der Waals surface area contributed by atoms with Crippen LogP contribution in [0.25, 0.3) is 11.1 Å². The standard InChI is InChI=1S/C13H13NO/c14-15-10-11-5-4-8-13(9-11)12-6-2-1-3-7-12/h1-9H,10,14H2. The number of hydrogen-bond acceptors (Lipinski definition) is 2. The van der Waals surface area contributed by atoms with Gasteiger partial charge < -0.3 is 0 Å². The minimum absolute atomic E-state index is 0.445. The molecule has 0 aliphatic rings. The molecule has 0 amide bonds. The van der Waals surface area contributed by atoms with Gasteiger partial charge in [0.1, 0.15) is 0 Å². The van der Waals surface area contributed by atoms with Gasteiger partial charge in [-0.05, 0) is 22.8 Å². The largest absolute Gasteiger partial charge is 0.300 e. The fraction of sp³-hybridized carbons (Fsp3) is 0.0769. The number of benzene rings is 2. The van der Waals surface area contributed by atoms with E-state index in [4.69, 9.17) is 5.90 Å². The second-order valence-corrected chi connectivity index (χ2v) is 3.38. The molecular weight excluding hydrogens is 186 g/mol. The average molecular weight is 199 g/mol. The van der Waals surface area contributed by atoms with Crippen molar-refractivity contribution < 1.29 is 4.84 Å². The highest BCUT2D eigenvalue weighted by atomic mass is 16.6. The summed E-state index contributed by atoms with van der Waals surface area (Å²) >= 11 is 0. The van der Waals surface area contributed by atoms with Crippen molar-refractivity contribution in [1.29, 1.82) is 0 Å². The van der Waals surface area contributed by atoms with Crippen LogP contribution in [0.1, 0.15) is 5.56 Å². The van der Waals surface area contributed by atoms with E-state index < -0.39 is 0 Å². The smallest absolute Gasteiger partial charge is 0.0930 e. The lowest BCUT2D eigenvalue weighted by atomic mass is 10.0. The van der Waals surface area contributed by atoms with Crippen molar-refractivity contribution >= 4 is 0 Å². The molecule has 2 rings (SSSR count). The first-order valence-electron chi connectivity index (χ1n) is 4.86. The van der Waals surface area contributed by atoms with Crippen LogP contribution in [0.4, 0.5) is 0 Å². The van der Waals surface area contributed by atoms with E-state index in [0.717, 1.165) is 5.56 Å². The van der Waals surface area contributed by atoms with Crippen LogP contribution in [0.15, 0.2) is 54.6 Å². The fourth-order valence-electron chi connectivity index (χ4n) is 1.57. The van der Waals surface area contributed by atoms with E-state index in [1.54, 1.807) is 0 Å². The van der Waals surface area contributed by atoms with Crippen molar-refractivity contribution in [2.75, 3.05) is 0 Å². The second-order valence-electron chi connectivity index (χ2n) is 3.38. The van der Waals surface area contributed by atoms with Gasteiger partial charge in [0.15, 0.2) is 0 Å². The maximum absolute atomic E-state index is 5.05. The summed E-state index contributed by atoms with van der Waals surface area (Å²) in [5.41, 5.74) is 3.47. The van der Waals surface area contributed by atoms with Crippen LogP contribution in [0.3, 0.4) is 0 Å². The molecule has 0 bridgehead atoms. The van der Waals surface area contributed by atoms with Crippen LogP contribution in [0.2, 0.25) is 0 Å². The van der Waals surface area contributed by atoms with Crippen LogP contribution in [-0.2, 0) is 11.4 Å². The second kappa shape index (κ2) is 4.73. The van der Waals surface area contributed by atoms with Gasteiger partial charge in [-0.3, -0.25) is 4.84 Å². The molecule has 0 saturated heterocycles. The Kier molecular flexibility index (Phi) is 3.12. The lowest BCUT2D eigenvalue weighted by Crippen LogP contribution is -1.98. The predicted octanol–water partition coefficient (Wildman–Crippen LogP) is 2.74. The highest BCUT2D eigenvalue weighted by Gasteiger charge is 1.97. The molecule has 15 heavy (non-hydrogen) atoms. The van der Waals surface area contributed by atoms with Crippen LogP contribution in [0.5, 0.6) is 0 Å². The lowest BCUT2D eigenvalue weighted by Gasteiger charge is -2.04. The van der Waals surface area contributed by atoms with Crippen LogP contribution >= 0.6 is 0 Å². The molecule has 0 aliphatic heterocycles. The highest BCUT2D eigenvalue weighted by Crippen LogP contribution is 2.19. The van der Waals surface area contributed by atoms with Gasteiger partial charge >= 0.3 is 0 Å². The summed E-state index contributed by atoms with van der Waals surface area (Å²) < 4.78 is 0. The first kappa shape index (κ1) is 9.90. The number of nitrogens with two attached hydrogens (primary N) is 1. The van der Waals surface area contributed by atoms with Gasteiger partial charge in [-0.15, -0.1) is 0 Å². The van der Waals surface area contributed by atoms with Crippen molar-refractivity contribution in [3.8, 4) is 11.1 Å². The van der Waals surface area contributed by atoms with E-state index >= 15 is 0 Å². The van der Waals surface area contributed by atoms with E-state index in [9.17, 15) is 0 Å². The molecular formula is C13H13NO. The predicted molar refractivity (Wildman–Crippen MR) is 60.9 cm³/mol. The molecule has 2 nitrogen and oxygen atoms in total. The summed E-state index contributed by atoms with van der Waals surface area (Å²) in [6.07, 6.45) is 0. The summed E-state index contributed by atoms with van der Waals surface area (Å²) in [4.78, 5) is 4.62. The van der Waals surface area contributed by atoms with Crippen molar-refractivity contribution in [2.45, 2.75) is 6.61 Å². The lowest BCUT2D eigenvalue weighted by molar-refractivity contribution is 0.124. The van der Waals surface area contributed by atoms with Crippen LogP contribution < -0.4 is 5.90 Å². The Morgan fingerprint density at radius 2 is 1.60 bits per heavy atom. The van der Waals surface area contributed by atoms with Gasteiger partial charge in [0.25, 0.3) is 0 Å². The normalized spacial score (nSPS) is 10.2. The first-order valence-corrected chi connectivity index (χ1v) is 4.86. The Balaban J connectivity index is 2.33. The minimum atomic E-state index is 0.445. The fourth-order valence-corrected chi connectivity index (χ4v) is 1.57.